The van der Waals surface area contributed by atoms with E-state index in [1.54, 1.807) is 17.0 Å². The Hall–Kier alpha value is -3.09. The van der Waals surface area contributed by atoms with Gasteiger partial charge in [-0.25, -0.2) is 9.18 Å². The van der Waals surface area contributed by atoms with Crippen LogP contribution in [0.1, 0.15) is 11.1 Å². The molecule has 0 radical (unpaired) electrons. The highest BCUT2D eigenvalue weighted by molar-refractivity contribution is 6.32. The molecule has 2 amide bonds. The van der Waals surface area contributed by atoms with Crippen molar-refractivity contribution in [2.75, 3.05) is 18.4 Å². The molecule has 3 rings (SSSR count). The fourth-order valence-electron chi connectivity index (χ4n) is 2.86. The molecule has 0 saturated carbocycles. The van der Waals surface area contributed by atoms with Crippen molar-refractivity contribution < 1.29 is 13.9 Å². The molecule has 3 aromatic rings. The van der Waals surface area contributed by atoms with Crippen LogP contribution in [0.3, 0.4) is 0 Å². The van der Waals surface area contributed by atoms with Gasteiger partial charge in [0.2, 0.25) is 0 Å². The smallest absolute Gasteiger partial charge is 0.322 e. The number of hydrogen-bond donors (Lipinski definition) is 2. The van der Waals surface area contributed by atoms with Crippen molar-refractivity contribution in [1.29, 1.82) is 0 Å². The van der Waals surface area contributed by atoms with E-state index < -0.39 is 0 Å². The van der Waals surface area contributed by atoms with E-state index in [9.17, 15) is 9.18 Å². The third kappa shape index (κ3) is 6.20. The quantitative estimate of drug-likeness (QED) is 0.528. The minimum Gasteiger partial charge on any atom is -0.487 e. The van der Waals surface area contributed by atoms with Crippen LogP contribution < -0.4 is 15.8 Å². The molecule has 0 aromatic heterocycles. The number of carbonyl (C=O) groups excluding carboxylic acids is 1. The van der Waals surface area contributed by atoms with Crippen LogP contribution in [0, 0.1) is 5.82 Å². The number of nitrogens with two attached hydrogens (primary N) is 1. The fourth-order valence-corrected chi connectivity index (χ4v) is 3.12. The van der Waals surface area contributed by atoms with Gasteiger partial charge in [0.15, 0.2) is 0 Å². The van der Waals surface area contributed by atoms with Crippen LogP contribution in [0.4, 0.5) is 14.9 Å². The molecule has 0 atom stereocenters. The van der Waals surface area contributed by atoms with Crippen LogP contribution in [-0.4, -0.2) is 24.0 Å². The van der Waals surface area contributed by atoms with Crippen LogP contribution in [0.25, 0.3) is 0 Å². The SMILES string of the molecule is NCCN(Cc1ccc(OCc2ccccc2)c(Cl)c1)C(=O)Nc1ccc(F)cc1. The molecule has 3 N–H and O–H groups in total. The monoisotopic (exact) mass is 427 g/mol. The van der Waals surface area contributed by atoms with Crippen LogP contribution in [0.15, 0.2) is 72.8 Å². The summed E-state index contributed by atoms with van der Waals surface area (Å²) < 4.78 is 18.8. The number of rotatable bonds is 8. The molecule has 0 bridgehead atoms. The van der Waals surface area contributed by atoms with Gasteiger partial charge in [0.1, 0.15) is 18.2 Å². The molecule has 0 aliphatic carbocycles. The average Bonchev–Trinajstić information content (AvgIpc) is 2.75. The lowest BCUT2D eigenvalue weighted by molar-refractivity contribution is 0.210. The molecule has 156 valence electrons. The van der Waals surface area contributed by atoms with E-state index in [1.807, 2.05) is 36.4 Å². The lowest BCUT2D eigenvalue weighted by Gasteiger charge is -2.23. The number of benzene rings is 3. The first-order valence-corrected chi connectivity index (χ1v) is 9.89. The molecular weight excluding hydrogens is 405 g/mol. The van der Waals surface area contributed by atoms with Gasteiger partial charge < -0.3 is 20.7 Å². The number of carbonyl (C=O) groups is 1. The van der Waals surface area contributed by atoms with Crippen molar-refractivity contribution in [3.05, 3.63) is 94.8 Å². The van der Waals surface area contributed by atoms with E-state index >= 15 is 0 Å². The Bertz CT molecular complexity index is 968. The summed E-state index contributed by atoms with van der Waals surface area (Å²) in [5.41, 5.74) is 8.06. The normalized spacial score (nSPS) is 10.5. The summed E-state index contributed by atoms with van der Waals surface area (Å²) in [7, 11) is 0. The van der Waals surface area contributed by atoms with Gasteiger partial charge in [-0.15, -0.1) is 0 Å². The first-order valence-electron chi connectivity index (χ1n) is 9.52. The molecule has 3 aromatic carbocycles. The first-order chi connectivity index (χ1) is 14.5. The molecule has 0 spiro atoms. The van der Waals surface area contributed by atoms with Gasteiger partial charge in [0.05, 0.1) is 5.02 Å². The Morgan fingerprint density at radius 2 is 1.77 bits per heavy atom. The van der Waals surface area contributed by atoms with Crippen LogP contribution in [-0.2, 0) is 13.2 Å². The zero-order valence-electron chi connectivity index (χ0n) is 16.4. The Labute approximate surface area is 180 Å². The maximum absolute atomic E-state index is 13.1. The van der Waals surface area contributed by atoms with Gasteiger partial charge in [-0.3, -0.25) is 0 Å². The maximum atomic E-state index is 13.1. The van der Waals surface area contributed by atoms with Crippen molar-refractivity contribution in [3.8, 4) is 5.75 Å². The fraction of sp³-hybridized carbons (Fsp3) is 0.174. The number of hydrogen-bond acceptors (Lipinski definition) is 3. The lowest BCUT2D eigenvalue weighted by atomic mass is 10.2. The maximum Gasteiger partial charge on any atom is 0.322 e. The Balaban J connectivity index is 1.63. The predicted octanol–water partition coefficient (Wildman–Crippen LogP) is 5.05. The van der Waals surface area contributed by atoms with Crippen LogP contribution >= 0.6 is 11.6 Å². The summed E-state index contributed by atoms with van der Waals surface area (Å²) in [5, 5.41) is 3.21. The van der Waals surface area contributed by atoms with Crippen molar-refractivity contribution >= 4 is 23.3 Å². The van der Waals surface area contributed by atoms with E-state index in [4.69, 9.17) is 22.1 Å². The second-order valence-corrected chi connectivity index (χ2v) is 7.09. The molecule has 0 heterocycles. The minimum atomic E-state index is -0.365. The Morgan fingerprint density at radius 1 is 1.03 bits per heavy atom. The van der Waals surface area contributed by atoms with Crippen molar-refractivity contribution in [3.63, 3.8) is 0 Å². The standard InChI is InChI=1S/C23H23ClFN3O2/c24-21-14-18(6-11-22(21)30-16-17-4-2-1-3-5-17)15-28(13-12-26)23(29)27-20-9-7-19(25)8-10-20/h1-11,14H,12-13,15-16,26H2,(H,27,29). The van der Waals surface area contributed by atoms with Crippen molar-refractivity contribution in [2.45, 2.75) is 13.2 Å². The molecule has 7 heteroatoms. The molecule has 0 fully saturated rings. The van der Waals surface area contributed by atoms with E-state index in [0.717, 1.165) is 11.1 Å². The van der Waals surface area contributed by atoms with Gasteiger partial charge in [-0.05, 0) is 47.5 Å². The summed E-state index contributed by atoms with van der Waals surface area (Å²) in [6.45, 7) is 1.40. The average molecular weight is 428 g/mol. The van der Waals surface area contributed by atoms with Gasteiger partial charge >= 0.3 is 6.03 Å². The molecule has 0 aliphatic heterocycles. The summed E-state index contributed by atoms with van der Waals surface area (Å²) in [4.78, 5) is 14.2. The zero-order chi connectivity index (χ0) is 21.3. The number of nitrogens with one attached hydrogen (secondary N) is 1. The molecule has 5 nitrogen and oxygen atoms in total. The van der Waals surface area contributed by atoms with E-state index in [1.165, 1.54) is 24.3 Å². The lowest BCUT2D eigenvalue weighted by Crippen LogP contribution is -2.38. The summed E-state index contributed by atoms with van der Waals surface area (Å²) >= 11 is 6.38. The number of anilines is 1. The Kier molecular flexibility index (Phi) is 7.65. The van der Waals surface area contributed by atoms with Gasteiger partial charge in [-0.1, -0.05) is 48.0 Å². The summed E-state index contributed by atoms with van der Waals surface area (Å²) in [6.07, 6.45) is 0. The molecular formula is C23H23ClFN3O2. The highest BCUT2D eigenvalue weighted by atomic mass is 35.5. The second kappa shape index (κ2) is 10.6. The van der Waals surface area contributed by atoms with Crippen LogP contribution in [0.2, 0.25) is 5.02 Å². The summed E-state index contributed by atoms with van der Waals surface area (Å²) in [5.74, 6) is 0.210. The number of halogens is 2. The van der Waals surface area contributed by atoms with Gasteiger partial charge in [0, 0.05) is 25.3 Å². The molecule has 0 unspecified atom stereocenters. The van der Waals surface area contributed by atoms with Gasteiger partial charge in [0.25, 0.3) is 0 Å². The topological polar surface area (TPSA) is 67.6 Å². The molecule has 0 saturated heterocycles. The number of amides is 2. The van der Waals surface area contributed by atoms with Crippen LogP contribution in [0.5, 0.6) is 5.75 Å². The number of ether oxygens (including phenoxy) is 1. The third-order valence-corrected chi connectivity index (χ3v) is 4.68. The zero-order valence-corrected chi connectivity index (χ0v) is 17.1. The van der Waals surface area contributed by atoms with Gasteiger partial charge in [-0.2, -0.15) is 0 Å². The number of nitrogens with zero attached hydrogens (tertiary/aromatic N) is 1. The minimum absolute atomic E-state index is 0.308. The van der Waals surface area contributed by atoms with Crippen molar-refractivity contribution in [1.82, 2.24) is 4.90 Å². The van der Waals surface area contributed by atoms with E-state index in [-0.39, 0.29) is 11.8 Å². The van der Waals surface area contributed by atoms with E-state index in [0.29, 0.717) is 42.7 Å². The second-order valence-electron chi connectivity index (χ2n) is 6.69. The Morgan fingerprint density at radius 3 is 2.43 bits per heavy atom. The molecule has 0 aliphatic rings. The number of urea groups is 1. The highest BCUT2D eigenvalue weighted by Crippen LogP contribution is 2.27. The first kappa shape index (κ1) is 21.6. The largest absolute Gasteiger partial charge is 0.487 e. The third-order valence-electron chi connectivity index (χ3n) is 4.39. The van der Waals surface area contributed by atoms with E-state index in [2.05, 4.69) is 5.32 Å². The highest BCUT2D eigenvalue weighted by Gasteiger charge is 2.15. The summed E-state index contributed by atoms with van der Waals surface area (Å²) in [6, 6.07) is 20.5. The molecule has 30 heavy (non-hydrogen) atoms. The van der Waals surface area contributed by atoms with Crippen molar-refractivity contribution in [2.24, 2.45) is 5.73 Å². The predicted molar refractivity (Wildman–Crippen MR) is 117 cm³/mol.